The van der Waals surface area contributed by atoms with E-state index in [-0.39, 0.29) is 30.1 Å². The minimum atomic E-state index is -0.585. The van der Waals surface area contributed by atoms with Crippen LogP contribution in [0.25, 0.3) is 0 Å². The minimum absolute atomic E-state index is 0.0141. The number of benzene rings is 1. The molecule has 0 radical (unpaired) electrons. The second-order valence-corrected chi connectivity index (χ2v) is 4.48. The highest BCUT2D eigenvalue weighted by atomic mass is 35.5. The quantitative estimate of drug-likeness (QED) is 0.903. The lowest BCUT2D eigenvalue weighted by molar-refractivity contribution is -0.130. The van der Waals surface area contributed by atoms with Crippen LogP contribution in [-0.2, 0) is 9.59 Å². The third-order valence-corrected chi connectivity index (χ3v) is 2.88. The van der Waals surface area contributed by atoms with Gasteiger partial charge in [0.2, 0.25) is 5.91 Å². The minimum Gasteiger partial charge on any atom is -0.318 e. The van der Waals surface area contributed by atoms with Gasteiger partial charge in [-0.2, -0.15) is 5.10 Å². The van der Waals surface area contributed by atoms with Crippen molar-refractivity contribution in [3.63, 3.8) is 0 Å². The van der Waals surface area contributed by atoms with Gasteiger partial charge in [0.05, 0.1) is 5.69 Å². The number of anilines is 1. The van der Waals surface area contributed by atoms with Crippen LogP contribution in [0.15, 0.2) is 23.3 Å². The van der Waals surface area contributed by atoms with Gasteiger partial charge in [0.1, 0.15) is 11.5 Å². The molecule has 0 unspecified atom stereocenters. The number of hydrazone groups is 1. The average Bonchev–Trinajstić information content (AvgIpc) is 2.37. The van der Waals surface area contributed by atoms with E-state index in [0.717, 1.165) is 11.1 Å². The van der Waals surface area contributed by atoms with Gasteiger partial charge in [0, 0.05) is 24.9 Å². The van der Waals surface area contributed by atoms with Crippen molar-refractivity contribution in [2.75, 3.05) is 12.4 Å². The zero-order valence-electron chi connectivity index (χ0n) is 10.1. The molecular formula is C12H11ClFN3O2. The Hall–Kier alpha value is -1.95. The Morgan fingerprint density at radius 2 is 2.21 bits per heavy atom. The molecule has 1 aromatic carbocycles. The molecule has 1 N–H and O–H groups in total. The Balaban J connectivity index is 2.15. The SMILES string of the molecule is CN1N=C(C(=O)Nc2cc(Cl)ccc2F)CCC1=O. The van der Waals surface area contributed by atoms with E-state index >= 15 is 0 Å². The Labute approximate surface area is 114 Å². The normalized spacial score (nSPS) is 15.2. The van der Waals surface area contributed by atoms with E-state index in [1.54, 1.807) is 0 Å². The Bertz CT molecular complexity index is 574. The van der Waals surface area contributed by atoms with E-state index in [1.165, 1.54) is 19.2 Å². The lowest BCUT2D eigenvalue weighted by Crippen LogP contribution is -2.34. The summed E-state index contributed by atoms with van der Waals surface area (Å²) in [6.07, 6.45) is 0.442. The molecule has 1 aromatic rings. The molecule has 5 nitrogen and oxygen atoms in total. The van der Waals surface area contributed by atoms with E-state index in [0.29, 0.717) is 5.02 Å². The fourth-order valence-corrected chi connectivity index (χ4v) is 1.79. The molecule has 2 rings (SSSR count). The third kappa shape index (κ3) is 3.08. The number of amides is 2. The lowest BCUT2D eigenvalue weighted by Gasteiger charge is -2.19. The molecule has 19 heavy (non-hydrogen) atoms. The second kappa shape index (κ2) is 5.36. The molecule has 0 aromatic heterocycles. The summed E-state index contributed by atoms with van der Waals surface area (Å²) in [6.45, 7) is 0. The Morgan fingerprint density at radius 3 is 2.89 bits per heavy atom. The fourth-order valence-electron chi connectivity index (χ4n) is 1.62. The van der Waals surface area contributed by atoms with Gasteiger partial charge in [0.15, 0.2) is 0 Å². The highest BCUT2D eigenvalue weighted by molar-refractivity contribution is 6.43. The topological polar surface area (TPSA) is 61.8 Å². The standard InChI is InChI=1S/C12H11ClFN3O2/c1-17-11(18)5-4-9(16-17)12(19)15-10-6-7(13)2-3-8(10)14/h2-3,6H,4-5H2,1H3,(H,15,19). The third-order valence-electron chi connectivity index (χ3n) is 2.65. The maximum absolute atomic E-state index is 13.5. The zero-order chi connectivity index (χ0) is 14.0. The summed E-state index contributed by atoms with van der Waals surface area (Å²) in [7, 11) is 1.47. The lowest BCUT2D eigenvalue weighted by atomic mass is 10.1. The highest BCUT2D eigenvalue weighted by Crippen LogP contribution is 2.20. The van der Waals surface area contributed by atoms with Gasteiger partial charge in [-0.05, 0) is 18.2 Å². The molecular weight excluding hydrogens is 273 g/mol. The number of hydrogen-bond donors (Lipinski definition) is 1. The predicted molar refractivity (Wildman–Crippen MR) is 69.5 cm³/mol. The van der Waals surface area contributed by atoms with E-state index < -0.39 is 11.7 Å². The molecule has 0 fully saturated rings. The fraction of sp³-hybridized carbons (Fsp3) is 0.250. The summed E-state index contributed by atoms with van der Waals surface area (Å²) in [5.41, 5.74) is 0.168. The van der Waals surface area contributed by atoms with Crippen molar-refractivity contribution in [1.82, 2.24) is 5.01 Å². The molecule has 0 bridgehead atoms. The first-order chi connectivity index (χ1) is 8.97. The van der Waals surface area contributed by atoms with Gasteiger partial charge in [-0.3, -0.25) is 9.59 Å². The zero-order valence-corrected chi connectivity index (χ0v) is 10.9. The molecule has 0 spiro atoms. The molecule has 100 valence electrons. The molecule has 7 heteroatoms. The van der Waals surface area contributed by atoms with Crippen molar-refractivity contribution in [2.45, 2.75) is 12.8 Å². The van der Waals surface area contributed by atoms with Crippen molar-refractivity contribution >= 4 is 34.8 Å². The van der Waals surface area contributed by atoms with Crippen LogP contribution >= 0.6 is 11.6 Å². The number of carbonyl (C=O) groups is 2. The van der Waals surface area contributed by atoms with E-state index in [2.05, 4.69) is 10.4 Å². The summed E-state index contributed by atoms with van der Waals surface area (Å²) in [4.78, 5) is 23.1. The summed E-state index contributed by atoms with van der Waals surface area (Å²) in [5, 5.41) is 7.65. The molecule has 1 aliphatic heterocycles. The maximum atomic E-state index is 13.5. The first kappa shape index (κ1) is 13.5. The monoisotopic (exact) mass is 283 g/mol. The molecule has 0 atom stereocenters. The highest BCUT2D eigenvalue weighted by Gasteiger charge is 2.22. The predicted octanol–water partition coefficient (Wildman–Crippen LogP) is 2.03. The first-order valence-electron chi connectivity index (χ1n) is 5.58. The Morgan fingerprint density at radius 1 is 1.47 bits per heavy atom. The average molecular weight is 284 g/mol. The number of nitrogens with one attached hydrogen (secondary N) is 1. The van der Waals surface area contributed by atoms with Gasteiger partial charge in [-0.1, -0.05) is 11.6 Å². The molecule has 2 amide bonds. The number of rotatable bonds is 2. The van der Waals surface area contributed by atoms with Crippen LogP contribution in [0.1, 0.15) is 12.8 Å². The molecule has 0 saturated carbocycles. The van der Waals surface area contributed by atoms with Crippen LogP contribution in [0, 0.1) is 5.82 Å². The van der Waals surface area contributed by atoms with Crippen molar-refractivity contribution in [3.8, 4) is 0 Å². The molecule has 0 saturated heterocycles. The van der Waals surface area contributed by atoms with Crippen LogP contribution < -0.4 is 5.32 Å². The van der Waals surface area contributed by atoms with Gasteiger partial charge >= 0.3 is 0 Å². The number of hydrogen-bond acceptors (Lipinski definition) is 3. The number of halogens is 2. The van der Waals surface area contributed by atoms with Gasteiger partial charge in [-0.25, -0.2) is 9.40 Å². The van der Waals surface area contributed by atoms with E-state index in [9.17, 15) is 14.0 Å². The summed E-state index contributed by atoms with van der Waals surface area (Å²) >= 11 is 5.73. The van der Waals surface area contributed by atoms with Crippen LogP contribution in [0.3, 0.4) is 0 Å². The first-order valence-corrected chi connectivity index (χ1v) is 5.95. The van der Waals surface area contributed by atoms with Crippen molar-refractivity contribution < 1.29 is 14.0 Å². The van der Waals surface area contributed by atoms with Crippen LogP contribution in [0.2, 0.25) is 5.02 Å². The van der Waals surface area contributed by atoms with Gasteiger partial charge in [0.25, 0.3) is 5.91 Å². The smallest absolute Gasteiger partial charge is 0.271 e. The number of carbonyl (C=O) groups excluding carboxylic acids is 2. The second-order valence-electron chi connectivity index (χ2n) is 4.04. The molecule has 1 heterocycles. The molecule has 0 aliphatic carbocycles. The number of nitrogens with zero attached hydrogens (tertiary/aromatic N) is 2. The van der Waals surface area contributed by atoms with Crippen LogP contribution in [0.4, 0.5) is 10.1 Å². The maximum Gasteiger partial charge on any atom is 0.271 e. The van der Waals surface area contributed by atoms with Crippen molar-refractivity contribution in [1.29, 1.82) is 0 Å². The van der Waals surface area contributed by atoms with Crippen molar-refractivity contribution in [2.24, 2.45) is 5.10 Å². The van der Waals surface area contributed by atoms with Gasteiger partial charge in [-0.15, -0.1) is 0 Å². The van der Waals surface area contributed by atoms with E-state index in [1.807, 2.05) is 0 Å². The summed E-state index contributed by atoms with van der Waals surface area (Å²) in [5.74, 6) is -1.29. The summed E-state index contributed by atoms with van der Waals surface area (Å²) in [6, 6.07) is 3.86. The molecule has 1 aliphatic rings. The van der Waals surface area contributed by atoms with E-state index in [4.69, 9.17) is 11.6 Å². The Kier molecular flexibility index (Phi) is 3.80. The largest absolute Gasteiger partial charge is 0.318 e. The van der Waals surface area contributed by atoms with Crippen LogP contribution in [0.5, 0.6) is 0 Å². The van der Waals surface area contributed by atoms with Crippen molar-refractivity contribution in [3.05, 3.63) is 29.0 Å². The van der Waals surface area contributed by atoms with Crippen LogP contribution in [-0.4, -0.2) is 29.6 Å². The van der Waals surface area contributed by atoms with Gasteiger partial charge < -0.3 is 5.32 Å². The summed E-state index contributed by atoms with van der Waals surface area (Å²) < 4.78 is 13.5.